The van der Waals surface area contributed by atoms with Gasteiger partial charge in [0.05, 0.1) is 0 Å². The van der Waals surface area contributed by atoms with E-state index in [1.807, 2.05) is 20.0 Å². The first-order valence-corrected chi connectivity index (χ1v) is 5.22. The number of nitrogens with one attached hydrogen (secondary N) is 1. The zero-order valence-electron chi connectivity index (χ0n) is 8.80. The maximum absolute atomic E-state index is 3.23. The van der Waals surface area contributed by atoms with E-state index >= 15 is 0 Å². The fourth-order valence-corrected chi connectivity index (χ4v) is 1.60. The summed E-state index contributed by atoms with van der Waals surface area (Å²) in [6.07, 6.45) is 9.12. The van der Waals surface area contributed by atoms with Crippen LogP contribution >= 0.6 is 0 Å². The van der Waals surface area contributed by atoms with Gasteiger partial charge in [-0.15, -0.1) is 0 Å². The fraction of sp³-hybridized carbons (Fsp3) is 0.500. The highest BCUT2D eigenvalue weighted by atomic mass is 14.6. The monoisotopic (exact) mass is 177 g/mol. The summed E-state index contributed by atoms with van der Waals surface area (Å²) in [5.41, 5.74) is 0. The molecule has 2 rings (SSSR count). The van der Waals surface area contributed by atoms with Gasteiger partial charge in [0.15, 0.2) is 0 Å². The number of hydrogen-bond donors (Lipinski definition) is 1. The van der Waals surface area contributed by atoms with Gasteiger partial charge in [0.2, 0.25) is 0 Å². The van der Waals surface area contributed by atoms with Crippen LogP contribution in [0.2, 0.25) is 0 Å². The van der Waals surface area contributed by atoms with Gasteiger partial charge in [-0.3, -0.25) is 0 Å². The van der Waals surface area contributed by atoms with Crippen LogP contribution in [0.25, 0.3) is 12.2 Å². The van der Waals surface area contributed by atoms with Crippen molar-refractivity contribution >= 4 is 12.2 Å². The molecule has 0 spiro atoms. The van der Waals surface area contributed by atoms with Crippen molar-refractivity contribution in [2.75, 3.05) is 0 Å². The number of H-pyrrole nitrogens is 1. The summed E-state index contributed by atoms with van der Waals surface area (Å²) in [4.78, 5) is 3.23. The molecule has 0 fully saturated rings. The molecule has 1 aliphatic rings. The molecule has 0 saturated heterocycles. The van der Waals surface area contributed by atoms with Crippen molar-refractivity contribution in [2.24, 2.45) is 5.92 Å². The number of hydrogen-bond acceptors (Lipinski definition) is 0. The highest BCUT2D eigenvalue weighted by Gasteiger charge is 2.00. The van der Waals surface area contributed by atoms with Crippen molar-refractivity contribution < 1.29 is 0 Å². The molecule has 0 amide bonds. The zero-order valence-corrected chi connectivity index (χ0v) is 8.80. The maximum atomic E-state index is 3.23. The normalized spacial score (nSPS) is 19.8. The van der Waals surface area contributed by atoms with Gasteiger partial charge in [-0.2, -0.15) is 0 Å². The summed E-state index contributed by atoms with van der Waals surface area (Å²) in [7, 11) is 0. The third-order valence-electron chi connectivity index (χ3n) is 2.25. The Morgan fingerprint density at radius 1 is 1.38 bits per heavy atom. The summed E-state index contributed by atoms with van der Waals surface area (Å²) < 4.78 is 0. The van der Waals surface area contributed by atoms with Gasteiger partial charge < -0.3 is 4.98 Å². The Kier molecular flexibility index (Phi) is 3.81. The first-order chi connectivity index (χ1) is 6.36. The first kappa shape index (κ1) is 10.1. The quantitative estimate of drug-likeness (QED) is 0.624. The molecule has 72 valence electrons. The zero-order chi connectivity index (χ0) is 9.68. The molecule has 1 aliphatic carbocycles. The van der Waals surface area contributed by atoms with Gasteiger partial charge in [-0.05, 0) is 30.0 Å². The molecule has 1 aromatic rings. The van der Waals surface area contributed by atoms with Crippen LogP contribution in [0.4, 0.5) is 0 Å². The average Bonchev–Trinajstić information content (AvgIpc) is 2.50. The van der Waals surface area contributed by atoms with Crippen LogP contribution in [0.5, 0.6) is 0 Å². The van der Waals surface area contributed by atoms with Crippen molar-refractivity contribution in [1.29, 1.82) is 0 Å². The lowest BCUT2D eigenvalue weighted by Gasteiger charge is -1.98. The summed E-state index contributed by atoms with van der Waals surface area (Å²) in [5, 5.41) is 2.67. The van der Waals surface area contributed by atoms with Gasteiger partial charge >= 0.3 is 0 Å². The van der Waals surface area contributed by atoms with E-state index in [-0.39, 0.29) is 0 Å². The number of aromatic amines is 1. The molecule has 1 atom stereocenters. The second-order valence-corrected chi connectivity index (χ2v) is 3.27. The van der Waals surface area contributed by atoms with E-state index in [9.17, 15) is 0 Å². The van der Waals surface area contributed by atoms with Crippen LogP contribution in [0, 0.1) is 5.92 Å². The summed E-state index contributed by atoms with van der Waals surface area (Å²) in [6, 6.07) is 2.15. The van der Waals surface area contributed by atoms with E-state index in [0.29, 0.717) is 0 Å². The van der Waals surface area contributed by atoms with Crippen LogP contribution in [0.1, 0.15) is 33.6 Å². The van der Waals surface area contributed by atoms with Gasteiger partial charge in [0.25, 0.3) is 0 Å². The predicted octanol–water partition coefficient (Wildman–Crippen LogP) is 2.03. The summed E-state index contributed by atoms with van der Waals surface area (Å²) >= 11 is 0. The number of aromatic nitrogens is 1. The molecule has 0 radical (unpaired) electrons. The summed E-state index contributed by atoms with van der Waals surface area (Å²) in [6.45, 7) is 6.27. The van der Waals surface area contributed by atoms with E-state index in [1.165, 1.54) is 23.4 Å². The highest BCUT2D eigenvalue weighted by molar-refractivity contribution is 5.33. The molecular formula is C12H19N. The lowest BCUT2D eigenvalue weighted by Crippen LogP contribution is -2.21. The second-order valence-electron chi connectivity index (χ2n) is 3.27. The van der Waals surface area contributed by atoms with Crippen LogP contribution < -0.4 is 10.6 Å². The maximum Gasteiger partial charge on any atom is 0.0410 e. The van der Waals surface area contributed by atoms with Crippen molar-refractivity contribution in [3.63, 3.8) is 0 Å². The minimum atomic E-state index is 0.725. The molecule has 1 nitrogen and oxygen atoms in total. The lowest BCUT2D eigenvalue weighted by atomic mass is 10.1. The smallest absolute Gasteiger partial charge is 0.0410 e. The van der Waals surface area contributed by atoms with Gasteiger partial charge in [-0.1, -0.05) is 32.9 Å². The Hall–Kier alpha value is -0.980. The average molecular weight is 177 g/mol. The predicted molar refractivity (Wildman–Crippen MR) is 58.7 cm³/mol. The molecule has 0 saturated carbocycles. The topological polar surface area (TPSA) is 15.8 Å². The second kappa shape index (κ2) is 4.90. The van der Waals surface area contributed by atoms with Crippen LogP contribution in [-0.4, -0.2) is 4.98 Å². The standard InChI is InChI=1S/C10H13N.C2H6/c1-8-3-2-4-10-9(7-8)5-6-11-10;1-2/h4-8,11H,2-3H2,1H3;1-2H3. The minimum Gasteiger partial charge on any atom is -0.361 e. The van der Waals surface area contributed by atoms with Crippen molar-refractivity contribution in [1.82, 2.24) is 4.98 Å². The highest BCUT2D eigenvalue weighted by Crippen LogP contribution is 2.08. The molecule has 1 aromatic heterocycles. The third kappa shape index (κ3) is 2.48. The Labute approximate surface area is 80.2 Å². The first-order valence-electron chi connectivity index (χ1n) is 5.22. The fourth-order valence-electron chi connectivity index (χ4n) is 1.60. The van der Waals surface area contributed by atoms with E-state index in [1.54, 1.807) is 0 Å². The van der Waals surface area contributed by atoms with Crippen molar-refractivity contribution in [2.45, 2.75) is 33.6 Å². The van der Waals surface area contributed by atoms with Crippen LogP contribution in [0.3, 0.4) is 0 Å². The van der Waals surface area contributed by atoms with Crippen LogP contribution in [0.15, 0.2) is 12.3 Å². The Balaban J connectivity index is 0.000000396. The molecule has 13 heavy (non-hydrogen) atoms. The third-order valence-corrected chi connectivity index (χ3v) is 2.25. The van der Waals surface area contributed by atoms with Gasteiger partial charge in [0, 0.05) is 11.5 Å². The molecule has 0 aromatic carbocycles. The van der Waals surface area contributed by atoms with Crippen LogP contribution in [-0.2, 0) is 0 Å². The Morgan fingerprint density at radius 3 is 2.92 bits per heavy atom. The molecule has 0 bridgehead atoms. The molecule has 1 N–H and O–H groups in total. The van der Waals surface area contributed by atoms with E-state index < -0.39 is 0 Å². The van der Waals surface area contributed by atoms with Crippen molar-refractivity contribution in [3.05, 3.63) is 22.8 Å². The van der Waals surface area contributed by atoms with Gasteiger partial charge in [0.1, 0.15) is 0 Å². The van der Waals surface area contributed by atoms with E-state index in [0.717, 1.165) is 5.92 Å². The molecular weight excluding hydrogens is 158 g/mol. The number of fused-ring (bicyclic) bond motifs is 1. The van der Waals surface area contributed by atoms with E-state index in [2.05, 4.69) is 30.1 Å². The molecule has 0 aliphatic heterocycles. The molecule has 1 heterocycles. The lowest BCUT2D eigenvalue weighted by molar-refractivity contribution is 0.705. The van der Waals surface area contributed by atoms with E-state index in [4.69, 9.17) is 0 Å². The Bertz CT molecular complexity index is 345. The molecule has 1 unspecified atom stereocenters. The van der Waals surface area contributed by atoms with Crippen molar-refractivity contribution in [3.8, 4) is 0 Å². The minimum absolute atomic E-state index is 0.725. The van der Waals surface area contributed by atoms with Gasteiger partial charge in [-0.25, -0.2) is 0 Å². The molecule has 1 heteroatoms. The largest absolute Gasteiger partial charge is 0.361 e. The number of rotatable bonds is 0. The Morgan fingerprint density at radius 2 is 2.15 bits per heavy atom. The summed E-state index contributed by atoms with van der Waals surface area (Å²) in [5.74, 6) is 0.725. The SMILES string of the molecule is CC.CC1C=c2cc[nH]c2=CCC1.